The Morgan fingerprint density at radius 3 is 2.43 bits per heavy atom. The lowest BCUT2D eigenvalue weighted by Gasteiger charge is -2.22. The summed E-state index contributed by atoms with van der Waals surface area (Å²) in [5.41, 5.74) is 2.24. The SMILES string of the molecule is COc1cc2c(cc1OC)CC(=O)N(CCCN(C)CCc1cccs1)CC2.Cl.Cl. The number of thiophene rings is 1. The molecular formula is C22H32Cl2N2O3S. The first kappa shape index (κ1) is 26.6. The van der Waals surface area contributed by atoms with Crippen LogP contribution in [0.15, 0.2) is 29.6 Å². The topological polar surface area (TPSA) is 42.0 Å². The van der Waals surface area contributed by atoms with Gasteiger partial charge >= 0.3 is 0 Å². The Kier molecular flexibility index (Phi) is 11.6. The minimum absolute atomic E-state index is 0. The van der Waals surface area contributed by atoms with Gasteiger partial charge in [-0.05, 0) is 67.6 Å². The molecule has 0 spiro atoms. The van der Waals surface area contributed by atoms with Crippen molar-refractivity contribution in [2.24, 2.45) is 0 Å². The normalized spacial score (nSPS) is 13.2. The van der Waals surface area contributed by atoms with E-state index in [0.29, 0.717) is 12.2 Å². The highest BCUT2D eigenvalue weighted by Gasteiger charge is 2.22. The average molecular weight is 475 g/mol. The summed E-state index contributed by atoms with van der Waals surface area (Å²) in [6.45, 7) is 3.63. The van der Waals surface area contributed by atoms with Crippen molar-refractivity contribution >= 4 is 42.1 Å². The monoisotopic (exact) mass is 474 g/mol. The second-order valence-electron chi connectivity index (χ2n) is 7.27. The molecule has 0 N–H and O–H groups in total. The molecule has 0 radical (unpaired) electrons. The highest BCUT2D eigenvalue weighted by atomic mass is 35.5. The van der Waals surface area contributed by atoms with E-state index in [2.05, 4.69) is 29.5 Å². The van der Waals surface area contributed by atoms with E-state index < -0.39 is 0 Å². The molecule has 1 aromatic carbocycles. The van der Waals surface area contributed by atoms with E-state index in [9.17, 15) is 4.79 Å². The third-order valence-electron chi connectivity index (χ3n) is 5.34. The van der Waals surface area contributed by atoms with E-state index >= 15 is 0 Å². The molecule has 0 bridgehead atoms. The Balaban J connectivity index is 0.00000225. The van der Waals surface area contributed by atoms with E-state index in [1.807, 2.05) is 28.4 Å². The van der Waals surface area contributed by atoms with E-state index in [0.717, 1.165) is 56.8 Å². The third-order valence-corrected chi connectivity index (χ3v) is 6.28. The van der Waals surface area contributed by atoms with Gasteiger partial charge in [0.2, 0.25) is 5.91 Å². The van der Waals surface area contributed by atoms with Crippen LogP contribution >= 0.6 is 36.2 Å². The second kappa shape index (κ2) is 13.1. The van der Waals surface area contributed by atoms with Gasteiger partial charge in [-0.2, -0.15) is 0 Å². The molecule has 0 saturated carbocycles. The van der Waals surface area contributed by atoms with Gasteiger partial charge in [-0.3, -0.25) is 4.79 Å². The van der Waals surface area contributed by atoms with Gasteiger partial charge in [0.15, 0.2) is 11.5 Å². The number of benzene rings is 1. The Labute approximate surface area is 196 Å². The van der Waals surface area contributed by atoms with Gasteiger partial charge in [0, 0.05) is 24.5 Å². The number of amides is 1. The maximum Gasteiger partial charge on any atom is 0.227 e. The number of carbonyl (C=O) groups excluding carboxylic acids is 1. The fourth-order valence-corrected chi connectivity index (χ4v) is 4.35. The lowest BCUT2D eigenvalue weighted by Crippen LogP contribution is -2.35. The van der Waals surface area contributed by atoms with E-state index in [-0.39, 0.29) is 30.7 Å². The zero-order valence-electron chi connectivity index (χ0n) is 17.9. The summed E-state index contributed by atoms with van der Waals surface area (Å²) in [6.07, 6.45) is 3.38. The summed E-state index contributed by atoms with van der Waals surface area (Å²) in [4.78, 5) is 18.5. The minimum Gasteiger partial charge on any atom is -0.493 e. The standard InChI is InChI=1S/C22H30N2O3S.2ClH/c1-23(11-8-19-6-4-13-28-19)9-5-10-24-12-7-17-14-20(26-2)21(27-3)15-18(17)16-22(24)25;;/h4,6,13-15H,5,7-12,16H2,1-3H3;2*1H. The third kappa shape index (κ3) is 7.05. The maximum atomic E-state index is 12.7. The van der Waals surface area contributed by atoms with Crippen LogP contribution in [0, 0.1) is 0 Å². The summed E-state index contributed by atoms with van der Waals surface area (Å²) in [6, 6.07) is 8.27. The molecule has 0 aliphatic carbocycles. The number of methoxy groups -OCH3 is 2. The van der Waals surface area contributed by atoms with Crippen molar-refractivity contribution < 1.29 is 14.3 Å². The summed E-state index contributed by atoms with van der Waals surface area (Å²) in [7, 11) is 5.43. The van der Waals surface area contributed by atoms with Crippen molar-refractivity contribution in [3.8, 4) is 11.5 Å². The van der Waals surface area contributed by atoms with Crippen molar-refractivity contribution in [3.63, 3.8) is 0 Å². The van der Waals surface area contributed by atoms with Crippen LogP contribution in [0.2, 0.25) is 0 Å². The minimum atomic E-state index is 0. The average Bonchev–Trinajstić information content (AvgIpc) is 3.17. The van der Waals surface area contributed by atoms with Gasteiger partial charge in [0.25, 0.3) is 0 Å². The van der Waals surface area contributed by atoms with Crippen LogP contribution < -0.4 is 9.47 Å². The first-order valence-corrected chi connectivity index (χ1v) is 10.7. The molecule has 1 aliphatic rings. The smallest absolute Gasteiger partial charge is 0.227 e. The summed E-state index contributed by atoms with van der Waals surface area (Å²) >= 11 is 1.82. The molecule has 0 unspecified atom stereocenters. The highest BCUT2D eigenvalue weighted by Crippen LogP contribution is 2.32. The van der Waals surface area contributed by atoms with Crippen LogP contribution in [-0.4, -0.2) is 63.2 Å². The molecule has 5 nitrogen and oxygen atoms in total. The van der Waals surface area contributed by atoms with Crippen LogP contribution in [-0.2, 0) is 24.1 Å². The van der Waals surface area contributed by atoms with Crippen LogP contribution in [0.3, 0.4) is 0 Å². The number of ether oxygens (including phenoxy) is 2. The Morgan fingerprint density at radius 2 is 1.80 bits per heavy atom. The van der Waals surface area contributed by atoms with Gasteiger partial charge in [0.1, 0.15) is 0 Å². The van der Waals surface area contributed by atoms with Crippen LogP contribution in [0.5, 0.6) is 11.5 Å². The zero-order valence-corrected chi connectivity index (χ0v) is 20.3. The Morgan fingerprint density at radius 1 is 1.10 bits per heavy atom. The molecule has 30 heavy (non-hydrogen) atoms. The number of rotatable bonds is 9. The molecule has 8 heteroatoms. The molecule has 1 amide bonds. The van der Waals surface area contributed by atoms with Crippen LogP contribution in [0.1, 0.15) is 22.4 Å². The largest absolute Gasteiger partial charge is 0.493 e. The molecule has 1 aromatic heterocycles. The fraction of sp³-hybridized carbons (Fsp3) is 0.500. The lowest BCUT2D eigenvalue weighted by atomic mass is 10.0. The number of likely N-dealkylation sites (N-methyl/N-ethyl adjacent to an activating group) is 1. The van der Waals surface area contributed by atoms with Crippen LogP contribution in [0.4, 0.5) is 0 Å². The van der Waals surface area contributed by atoms with Crippen molar-refractivity contribution in [3.05, 3.63) is 45.6 Å². The number of nitrogens with zero attached hydrogens (tertiary/aromatic N) is 2. The maximum absolute atomic E-state index is 12.7. The van der Waals surface area contributed by atoms with Crippen LogP contribution in [0.25, 0.3) is 0 Å². The molecule has 3 rings (SSSR count). The molecule has 0 fully saturated rings. The highest BCUT2D eigenvalue weighted by molar-refractivity contribution is 7.09. The summed E-state index contributed by atoms with van der Waals surface area (Å²) in [5.74, 6) is 1.62. The van der Waals surface area contributed by atoms with E-state index in [1.165, 1.54) is 10.4 Å². The number of hydrogen-bond donors (Lipinski definition) is 0. The lowest BCUT2D eigenvalue weighted by molar-refractivity contribution is -0.130. The zero-order chi connectivity index (χ0) is 19.9. The van der Waals surface area contributed by atoms with Gasteiger partial charge in [-0.1, -0.05) is 6.07 Å². The fourth-order valence-electron chi connectivity index (χ4n) is 3.65. The van der Waals surface area contributed by atoms with Gasteiger partial charge in [-0.25, -0.2) is 0 Å². The van der Waals surface area contributed by atoms with Crippen molar-refractivity contribution in [1.82, 2.24) is 9.80 Å². The molecular weight excluding hydrogens is 443 g/mol. The Bertz CT molecular complexity index is 787. The first-order chi connectivity index (χ1) is 13.6. The van der Waals surface area contributed by atoms with Gasteiger partial charge < -0.3 is 19.3 Å². The Hall–Kier alpha value is -1.47. The van der Waals surface area contributed by atoms with Gasteiger partial charge in [-0.15, -0.1) is 36.2 Å². The molecule has 0 saturated heterocycles. The molecule has 2 aromatic rings. The number of hydrogen-bond acceptors (Lipinski definition) is 5. The molecule has 0 atom stereocenters. The number of carbonyl (C=O) groups is 1. The number of halogens is 2. The van der Waals surface area contributed by atoms with Gasteiger partial charge in [0.05, 0.1) is 20.6 Å². The van der Waals surface area contributed by atoms with Crippen molar-refractivity contribution in [2.45, 2.75) is 25.7 Å². The van der Waals surface area contributed by atoms with Crippen molar-refractivity contribution in [1.29, 1.82) is 0 Å². The second-order valence-corrected chi connectivity index (χ2v) is 8.30. The van der Waals surface area contributed by atoms with E-state index in [1.54, 1.807) is 14.2 Å². The number of fused-ring (bicyclic) bond motifs is 1. The predicted octanol–water partition coefficient (Wildman–Crippen LogP) is 4.10. The molecule has 2 heterocycles. The quantitative estimate of drug-likeness (QED) is 0.548. The molecule has 168 valence electrons. The predicted molar refractivity (Wildman–Crippen MR) is 128 cm³/mol. The van der Waals surface area contributed by atoms with E-state index in [4.69, 9.17) is 9.47 Å². The van der Waals surface area contributed by atoms with Crippen molar-refractivity contribution in [2.75, 3.05) is 47.4 Å². The summed E-state index contributed by atoms with van der Waals surface area (Å²) < 4.78 is 10.8. The first-order valence-electron chi connectivity index (χ1n) is 9.83. The summed E-state index contributed by atoms with van der Waals surface area (Å²) in [5, 5.41) is 2.13. The molecule has 1 aliphatic heterocycles.